The summed E-state index contributed by atoms with van der Waals surface area (Å²) in [6, 6.07) is 13.4. The molecule has 0 saturated carbocycles. The van der Waals surface area contributed by atoms with Crippen LogP contribution in [0.2, 0.25) is 0 Å². The Labute approximate surface area is 145 Å². The third-order valence-electron chi connectivity index (χ3n) is 3.26. The van der Waals surface area contributed by atoms with Gasteiger partial charge in [-0.15, -0.1) is 0 Å². The molecule has 3 rings (SSSR count). The molecule has 25 heavy (non-hydrogen) atoms. The molecule has 0 amide bonds. The monoisotopic (exact) mass is 338 g/mol. The molecular weight excluding hydrogens is 319 g/mol. The topological polar surface area (TPSA) is 88.8 Å². The van der Waals surface area contributed by atoms with Gasteiger partial charge in [0.25, 0.3) is 0 Å². The summed E-state index contributed by atoms with van der Waals surface area (Å²) < 4.78 is 13.4. The van der Waals surface area contributed by atoms with Gasteiger partial charge in [-0.05, 0) is 44.2 Å². The highest BCUT2D eigenvalue weighted by Crippen LogP contribution is 2.23. The second kappa shape index (κ2) is 7.12. The van der Waals surface area contributed by atoms with Crippen molar-refractivity contribution in [2.45, 2.75) is 19.9 Å². The molecule has 0 saturated heterocycles. The lowest BCUT2D eigenvalue weighted by atomic mass is 10.3. The fourth-order valence-corrected chi connectivity index (χ4v) is 2.29. The predicted octanol–water partition coefficient (Wildman–Crippen LogP) is 3.82. The Kier molecular flexibility index (Phi) is 4.74. The maximum atomic E-state index is 13.4. The van der Waals surface area contributed by atoms with Crippen molar-refractivity contribution in [1.29, 1.82) is 0 Å². The fourth-order valence-electron chi connectivity index (χ4n) is 2.29. The molecule has 0 atom stereocenters. The van der Waals surface area contributed by atoms with Crippen LogP contribution in [-0.2, 0) is 0 Å². The van der Waals surface area contributed by atoms with E-state index in [-0.39, 0.29) is 11.9 Å². The second-order valence-corrected chi connectivity index (χ2v) is 5.84. The van der Waals surface area contributed by atoms with Crippen LogP contribution in [0, 0.1) is 5.82 Å². The van der Waals surface area contributed by atoms with Gasteiger partial charge >= 0.3 is 0 Å². The highest BCUT2D eigenvalue weighted by atomic mass is 19.1. The maximum absolute atomic E-state index is 13.4. The summed E-state index contributed by atoms with van der Waals surface area (Å²) in [4.78, 5) is 13.2. The number of pyridine rings is 1. The van der Waals surface area contributed by atoms with Gasteiger partial charge in [-0.3, -0.25) is 0 Å². The minimum atomic E-state index is -0.322. The molecule has 4 N–H and O–H groups in total. The molecular formula is C18H19FN6. The Bertz CT molecular complexity index is 881. The number of nitrogen functional groups attached to an aromatic ring is 1. The van der Waals surface area contributed by atoms with E-state index >= 15 is 0 Å². The van der Waals surface area contributed by atoms with E-state index in [1.807, 2.05) is 13.8 Å². The van der Waals surface area contributed by atoms with E-state index in [2.05, 4.69) is 25.6 Å². The van der Waals surface area contributed by atoms with Crippen molar-refractivity contribution in [3.63, 3.8) is 0 Å². The lowest BCUT2D eigenvalue weighted by Gasteiger charge is -2.13. The van der Waals surface area contributed by atoms with Gasteiger partial charge < -0.3 is 16.4 Å². The summed E-state index contributed by atoms with van der Waals surface area (Å²) in [6.45, 7) is 4.03. The second-order valence-electron chi connectivity index (χ2n) is 5.84. The van der Waals surface area contributed by atoms with Crippen molar-refractivity contribution in [1.82, 2.24) is 15.0 Å². The summed E-state index contributed by atoms with van der Waals surface area (Å²) in [7, 11) is 0. The average Bonchev–Trinajstić information content (AvgIpc) is 2.54. The SMILES string of the molecule is CC(C)Nc1cc(Nc2cccc(F)c2)nc(-c2cccc(N)n2)n1. The molecule has 0 unspecified atom stereocenters. The first kappa shape index (κ1) is 16.6. The maximum Gasteiger partial charge on any atom is 0.182 e. The van der Waals surface area contributed by atoms with E-state index < -0.39 is 0 Å². The predicted molar refractivity (Wildman–Crippen MR) is 98.1 cm³/mol. The molecule has 3 aromatic rings. The summed E-state index contributed by atoms with van der Waals surface area (Å²) in [5, 5.41) is 6.34. The smallest absolute Gasteiger partial charge is 0.182 e. The van der Waals surface area contributed by atoms with Gasteiger partial charge in [0, 0.05) is 17.8 Å². The van der Waals surface area contributed by atoms with Gasteiger partial charge in [0.1, 0.15) is 29.0 Å². The van der Waals surface area contributed by atoms with Gasteiger partial charge in [0.15, 0.2) is 5.82 Å². The minimum absolute atomic E-state index is 0.193. The van der Waals surface area contributed by atoms with Crippen molar-refractivity contribution in [2.24, 2.45) is 0 Å². The van der Waals surface area contributed by atoms with Crippen LogP contribution in [0.5, 0.6) is 0 Å². The van der Waals surface area contributed by atoms with Crippen LogP contribution >= 0.6 is 0 Å². The van der Waals surface area contributed by atoms with Crippen molar-refractivity contribution in [3.8, 4) is 11.5 Å². The molecule has 2 aromatic heterocycles. The van der Waals surface area contributed by atoms with Gasteiger partial charge in [0.05, 0.1) is 0 Å². The number of nitrogens with two attached hydrogens (primary N) is 1. The summed E-state index contributed by atoms with van der Waals surface area (Å²) >= 11 is 0. The van der Waals surface area contributed by atoms with E-state index in [1.54, 1.807) is 36.4 Å². The quantitative estimate of drug-likeness (QED) is 0.655. The van der Waals surface area contributed by atoms with E-state index in [9.17, 15) is 4.39 Å². The zero-order chi connectivity index (χ0) is 17.8. The highest BCUT2D eigenvalue weighted by Gasteiger charge is 2.10. The number of nitrogens with one attached hydrogen (secondary N) is 2. The van der Waals surface area contributed by atoms with E-state index in [0.717, 1.165) is 0 Å². The van der Waals surface area contributed by atoms with Crippen LogP contribution in [0.15, 0.2) is 48.5 Å². The molecule has 7 heteroatoms. The summed E-state index contributed by atoms with van der Waals surface area (Å²) in [5.74, 6) is 1.67. The summed E-state index contributed by atoms with van der Waals surface area (Å²) in [6.07, 6.45) is 0. The van der Waals surface area contributed by atoms with Crippen molar-refractivity contribution >= 4 is 23.1 Å². The molecule has 0 fully saturated rings. The highest BCUT2D eigenvalue weighted by molar-refractivity contribution is 5.64. The Balaban J connectivity index is 2.00. The van der Waals surface area contributed by atoms with Gasteiger partial charge in [-0.2, -0.15) is 0 Å². The molecule has 0 aliphatic rings. The van der Waals surface area contributed by atoms with E-state index in [4.69, 9.17) is 5.73 Å². The first-order valence-corrected chi connectivity index (χ1v) is 7.91. The number of hydrogen-bond acceptors (Lipinski definition) is 6. The number of halogens is 1. The standard InChI is InChI=1S/C18H19FN6/c1-11(2)21-16-10-17(22-13-6-3-5-12(19)9-13)25-18(24-16)14-7-4-8-15(20)23-14/h3-11H,1-2H3,(H2,20,23)(H2,21,22,24,25). The molecule has 6 nitrogen and oxygen atoms in total. The van der Waals surface area contributed by atoms with E-state index in [0.29, 0.717) is 34.7 Å². The Morgan fingerprint density at radius 1 is 0.960 bits per heavy atom. The summed E-state index contributed by atoms with van der Waals surface area (Å²) in [5.41, 5.74) is 6.92. The molecule has 0 aliphatic heterocycles. The van der Waals surface area contributed by atoms with Crippen LogP contribution in [0.3, 0.4) is 0 Å². The van der Waals surface area contributed by atoms with Crippen LogP contribution in [-0.4, -0.2) is 21.0 Å². The zero-order valence-corrected chi connectivity index (χ0v) is 14.0. The molecule has 0 bridgehead atoms. The molecule has 0 radical (unpaired) electrons. The van der Waals surface area contributed by atoms with Crippen molar-refractivity contribution in [3.05, 3.63) is 54.3 Å². The zero-order valence-electron chi connectivity index (χ0n) is 14.0. The third kappa shape index (κ3) is 4.41. The number of rotatable bonds is 5. The van der Waals surface area contributed by atoms with Crippen LogP contribution < -0.4 is 16.4 Å². The molecule has 1 aromatic carbocycles. The lowest BCUT2D eigenvalue weighted by molar-refractivity contribution is 0.628. The Hall–Kier alpha value is -3.22. The number of nitrogens with zero attached hydrogens (tertiary/aromatic N) is 3. The Morgan fingerprint density at radius 2 is 1.72 bits per heavy atom. The largest absolute Gasteiger partial charge is 0.384 e. The van der Waals surface area contributed by atoms with Gasteiger partial charge in [0.2, 0.25) is 0 Å². The molecule has 128 valence electrons. The van der Waals surface area contributed by atoms with Crippen LogP contribution in [0.1, 0.15) is 13.8 Å². The number of benzene rings is 1. The normalized spacial score (nSPS) is 10.7. The van der Waals surface area contributed by atoms with Crippen molar-refractivity contribution < 1.29 is 4.39 Å². The molecule has 0 aliphatic carbocycles. The van der Waals surface area contributed by atoms with Gasteiger partial charge in [-0.1, -0.05) is 12.1 Å². The number of aromatic nitrogens is 3. The molecule has 0 spiro atoms. The number of anilines is 4. The third-order valence-corrected chi connectivity index (χ3v) is 3.26. The average molecular weight is 338 g/mol. The fraction of sp³-hybridized carbons (Fsp3) is 0.167. The molecule has 2 heterocycles. The number of hydrogen-bond donors (Lipinski definition) is 3. The van der Waals surface area contributed by atoms with Crippen LogP contribution in [0.4, 0.5) is 27.5 Å². The first-order valence-electron chi connectivity index (χ1n) is 7.91. The van der Waals surface area contributed by atoms with E-state index in [1.165, 1.54) is 12.1 Å². The van der Waals surface area contributed by atoms with Crippen molar-refractivity contribution in [2.75, 3.05) is 16.4 Å². The van der Waals surface area contributed by atoms with Gasteiger partial charge in [-0.25, -0.2) is 19.3 Å². The lowest BCUT2D eigenvalue weighted by Crippen LogP contribution is -2.12. The van der Waals surface area contributed by atoms with Crippen LogP contribution in [0.25, 0.3) is 11.5 Å². The first-order chi connectivity index (χ1) is 12.0. The minimum Gasteiger partial charge on any atom is -0.384 e. The Morgan fingerprint density at radius 3 is 2.44 bits per heavy atom.